The Hall–Kier alpha value is -2.26. The van der Waals surface area contributed by atoms with Crippen LogP contribution in [0, 0.1) is 0 Å². The summed E-state index contributed by atoms with van der Waals surface area (Å²) < 4.78 is 1.04. The first kappa shape index (κ1) is 15.6. The Balaban J connectivity index is 1.72. The number of nitrogens with zero attached hydrogens (tertiary/aromatic N) is 4. The average molecular weight is 346 g/mol. The van der Waals surface area contributed by atoms with E-state index in [9.17, 15) is 4.79 Å². The molecule has 7 nitrogen and oxygen atoms in total. The topological polar surface area (TPSA) is 107 Å². The summed E-state index contributed by atoms with van der Waals surface area (Å²) in [6.07, 6.45) is 1.97. The Labute approximate surface area is 140 Å². The quantitative estimate of drug-likeness (QED) is 0.684. The highest BCUT2D eigenvalue weighted by molar-refractivity contribution is 8.00. The van der Waals surface area contributed by atoms with E-state index >= 15 is 0 Å². The molecule has 3 rings (SSSR count). The van der Waals surface area contributed by atoms with Gasteiger partial charge in [-0.3, -0.25) is 4.79 Å². The number of para-hydroxylation sites is 1. The number of rotatable bonds is 5. The fraction of sp³-hybridized carbons (Fsp3) is 0.214. The zero-order valence-corrected chi connectivity index (χ0v) is 13.9. The van der Waals surface area contributed by atoms with Gasteiger partial charge in [-0.2, -0.15) is 4.98 Å². The summed E-state index contributed by atoms with van der Waals surface area (Å²) >= 11 is 2.71. The summed E-state index contributed by atoms with van der Waals surface area (Å²) in [5, 5.41) is 3.56. The molecule has 0 bridgehead atoms. The third-order valence-electron chi connectivity index (χ3n) is 3.00. The second kappa shape index (κ2) is 6.88. The highest BCUT2D eigenvalue weighted by Gasteiger charge is 2.21. The minimum atomic E-state index is -0.330. The summed E-state index contributed by atoms with van der Waals surface area (Å²) in [4.78, 5) is 28.6. The molecule has 0 saturated carbocycles. The maximum absolute atomic E-state index is 12.4. The number of nitrogens with two attached hydrogens (primary N) is 1. The Morgan fingerprint density at radius 3 is 2.91 bits per heavy atom. The first-order chi connectivity index (χ1) is 11.2. The molecule has 23 heavy (non-hydrogen) atoms. The zero-order valence-electron chi connectivity index (χ0n) is 12.3. The number of thioether (sulfide) groups is 1. The molecular formula is C14H14N6OS2. The van der Waals surface area contributed by atoms with Gasteiger partial charge in [0.15, 0.2) is 10.3 Å². The summed E-state index contributed by atoms with van der Waals surface area (Å²) in [7, 11) is 0. The van der Waals surface area contributed by atoms with E-state index in [0.29, 0.717) is 16.7 Å². The van der Waals surface area contributed by atoms with Crippen molar-refractivity contribution in [1.29, 1.82) is 0 Å². The number of fused-ring (bicyclic) bond motifs is 1. The molecule has 0 radical (unpaired) electrons. The van der Waals surface area contributed by atoms with Crippen LogP contribution in [0.25, 0.3) is 10.2 Å². The molecule has 9 heteroatoms. The van der Waals surface area contributed by atoms with Gasteiger partial charge in [0.2, 0.25) is 11.9 Å². The van der Waals surface area contributed by atoms with Gasteiger partial charge in [-0.1, -0.05) is 42.2 Å². The lowest BCUT2D eigenvalue weighted by atomic mass is 10.3. The second-order valence-corrected chi connectivity index (χ2v) is 6.82. The molecule has 0 spiro atoms. The molecule has 1 aromatic carbocycles. The number of thiazole rings is 1. The Bertz CT molecular complexity index is 804. The highest BCUT2D eigenvalue weighted by atomic mass is 32.2. The smallest absolute Gasteiger partial charge is 0.239 e. The van der Waals surface area contributed by atoms with Crippen molar-refractivity contribution in [2.45, 2.75) is 23.8 Å². The third-order valence-corrected chi connectivity index (χ3v) is 5.19. The van der Waals surface area contributed by atoms with Crippen molar-refractivity contribution in [3.63, 3.8) is 0 Å². The van der Waals surface area contributed by atoms with E-state index in [2.05, 4.69) is 25.3 Å². The zero-order chi connectivity index (χ0) is 16.2. The number of hydrogen-bond acceptors (Lipinski definition) is 8. The Morgan fingerprint density at radius 1 is 1.35 bits per heavy atom. The molecule has 3 aromatic rings. The fourth-order valence-electron chi connectivity index (χ4n) is 1.91. The molecule has 1 unspecified atom stereocenters. The number of aromatic nitrogens is 4. The van der Waals surface area contributed by atoms with Gasteiger partial charge in [-0.15, -0.1) is 0 Å². The standard InChI is InChI=1S/C14H14N6OS2/c1-2-9(22-13-17-7-16-12(15)20-13)11(21)19-14-18-8-5-3-4-6-10(8)23-14/h3-7,9H,2H2,1H3,(H,18,19,21)(H2,15,16,17,20). The van der Waals surface area contributed by atoms with Gasteiger partial charge in [0.05, 0.1) is 15.5 Å². The summed E-state index contributed by atoms with van der Waals surface area (Å²) in [6, 6.07) is 7.76. The summed E-state index contributed by atoms with van der Waals surface area (Å²) in [5.41, 5.74) is 6.41. The molecule has 3 N–H and O–H groups in total. The second-order valence-electron chi connectivity index (χ2n) is 4.62. The maximum Gasteiger partial charge on any atom is 0.239 e. The largest absolute Gasteiger partial charge is 0.368 e. The van der Waals surface area contributed by atoms with Crippen LogP contribution in [0.2, 0.25) is 0 Å². The number of carbonyl (C=O) groups is 1. The van der Waals surface area contributed by atoms with Crippen LogP contribution in [0.1, 0.15) is 13.3 Å². The number of nitrogens with one attached hydrogen (secondary N) is 1. The predicted molar refractivity (Wildman–Crippen MR) is 92.4 cm³/mol. The molecule has 2 aromatic heterocycles. The SMILES string of the molecule is CCC(Sc1ncnc(N)n1)C(=O)Nc1nc2ccccc2s1. The number of carbonyl (C=O) groups excluding carboxylic acids is 1. The monoisotopic (exact) mass is 346 g/mol. The molecule has 0 aliphatic rings. The number of hydrogen-bond donors (Lipinski definition) is 2. The van der Waals surface area contributed by atoms with E-state index in [-0.39, 0.29) is 17.1 Å². The van der Waals surface area contributed by atoms with Crippen LogP contribution in [0.5, 0.6) is 0 Å². The van der Waals surface area contributed by atoms with E-state index in [4.69, 9.17) is 5.73 Å². The van der Waals surface area contributed by atoms with Crippen LogP contribution in [0.15, 0.2) is 35.7 Å². The van der Waals surface area contributed by atoms with Crippen molar-refractivity contribution < 1.29 is 4.79 Å². The van der Waals surface area contributed by atoms with Crippen molar-refractivity contribution in [3.8, 4) is 0 Å². The lowest BCUT2D eigenvalue weighted by Crippen LogP contribution is -2.24. The van der Waals surface area contributed by atoms with Crippen molar-refractivity contribution in [2.75, 3.05) is 11.1 Å². The predicted octanol–water partition coefficient (Wildman–Crippen LogP) is 2.57. The number of anilines is 2. The molecule has 118 valence electrons. The number of amides is 1. The van der Waals surface area contributed by atoms with E-state index in [1.807, 2.05) is 31.2 Å². The molecule has 0 aliphatic carbocycles. The van der Waals surface area contributed by atoms with Crippen LogP contribution in [0.4, 0.5) is 11.1 Å². The van der Waals surface area contributed by atoms with Crippen LogP contribution in [-0.2, 0) is 4.79 Å². The van der Waals surface area contributed by atoms with Gasteiger partial charge in [-0.05, 0) is 18.6 Å². The fourth-order valence-corrected chi connectivity index (χ4v) is 3.62. The summed E-state index contributed by atoms with van der Waals surface area (Å²) in [6.45, 7) is 1.93. The van der Waals surface area contributed by atoms with E-state index in [0.717, 1.165) is 10.2 Å². The molecular weight excluding hydrogens is 332 g/mol. The Morgan fingerprint density at radius 2 is 2.17 bits per heavy atom. The van der Waals surface area contributed by atoms with Gasteiger partial charge in [0.1, 0.15) is 6.33 Å². The van der Waals surface area contributed by atoms with Crippen molar-refractivity contribution in [1.82, 2.24) is 19.9 Å². The van der Waals surface area contributed by atoms with Crippen molar-refractivity contribution >= 4 is 50.3 Å². The molecule has 0 aliphatic heterocycles. The summed E-state index contributed by atoms with van der Waals surface area (Å²) in [5.74, 6) is 0.0134. The minimum absolute atomic E-state index is 0.129. The highest BCUT2D eigenvalue weighted by Crippen LogP contribution is 2.27. The first-order valence-corrected chi connectivity index (χ1v) is 8.63. The van der Waals surface area contributed by atoms with Crippen LogP contribution < -0.4 is 11.1 Å². The van der Waals surface area contributed by atoms with Gasteiger partial charge in [-0.25, -0.2) is 15.0 Å². The average Bonchev–Trinajstić information content (AvgIpc) is 2.94. The molecule has 0 saturated heterocycles. The number of nitrogen functional groups attached to an aromatic ring is 1. The molecule has 0 fully saturated rings. The van der Waals surface area contributed by atoms with Crippen LogP contribution >= 0.6 is 23.1 Å². The van der Waals surface area contributed by atoms with Gasteiger partial charge in [0.25, 0.3) is 0 Å². The van der Waals surface area contributed by atoms with E-state index in [1.54, 1.807) is 0 Å². The lowest BCUT2D eigenvalue weighted by molar-refractivity contribution is -0.115. The maximum atomic E-state index is 12.4. The number of benzene rings is 1. The van der Waals surface area contributed by atoms with Crippen molar-refractivity contribution in [2.24, 2.45) is 0 Å². The van der Waals surface area contributed by atoms with E-state index < -0.39 is 0 Å². The van der Waals surface area contributed by atoms with Crippen molar-refractivity contribution in [3.05, 3.63) is 30.6 Å². The Kier molecular flexibility index (Phi) is 4.68. The molecule has 2 heterocycles. The molecule has 1 atom stereocenters. The van der Waals surface area contributed by atoms with Gasteiger partial charge >= 0.3 is 0 Å². The lowest BCUT2D eigenvalue weighted by Gasteiger charge is -2.12. The minimum Gasteiger partial charge on any atom is -0.368 e. The van der Waals surface area contributed by atoms with Crippen LogP contribution in [-0.4, -0.2) is 31.1 Å². The first-order valence-electron chi connectivity index (χ1n) is 6.93. The third kappa shape index (κ3) is 3.74. The van der Waals surface area contributed by atoms with E-state index in [1.165, 1.54) is 29.4 Å². The van der Waals surface area contributed by atoms with Gasteiger partial charge < -0.3 is 11.1 Å². The normalized spacial score (nSPS) is 12.2. The molecule has 1 amide bonds. The van der Waals surface area contributed by atoms with Crippen LogP contribution in [0.3, 0.4) is 0 Å². The van der Waals surface area contributed by atoms with Gasteiger partial charge in [0, 0.05) is 0 Å².